The Bertz CT molecular complexity index is 1020. The SMILES string of the molecule is COCCSc1nc2c(c(=O)[nH]c(=O)n2C)n1Cc1ccccc1Cl. The molecule has 0 radical (unpaired) electrons. The summed E-state index contributed by atoms with van der Waals surface area (Å²) >= 11 is 7.73. The monoisotopic (exact) mass is 380 g/mol. The van der Waals surface area contributed by atoms with Crippen molar-refractivity contribution in [1.29, 1.82) is 0 Å². The minimum Gasteiger partial charge on any atom is -0.384 e. The number of halogens is 1. The second kappa shape index (κ2) is 7.47. The molecule has 132 valence electrons. The number of ether oxygens (including phenoxy) is 1. The summed E-state index contributed by atoms with van der Waals surface area (Å²) in [7, 11) is 3.21. The fraction of sp³-hybridized carbons (Fsp3) is 0.312. The van der Waals surface area contributed by atoms with Crippen molar-refractivity contribution in [2.24, 2.45) is 7.05 Å². The highest BCUT2D eigenvalue weighted by Gasteiger charge is 2.18. The molecule has 2 heterocycles. The van der Waals surface area contributed by atoms with Crippen LogP contribution in [0.15, 0.2) is 39.0 Å². The lowest BCUT2D eigenvalue weighted by Gasteiger charge is -2.10. The molecule has 7 nitrogen and oxygen atoms in total. The van der Waals surface area contributed by atoms with E-state index < -0.39 is 11.2 Å². The quantitative estimate of drug-likeness (QED) is 0.521. The highest BCUT2D eigenvalue weighted by molar-refractivity contribution is 7.99. The van der Waals surface area contributed by atoms with Gasteiger partial charge in [-0.1, -0.05) is 41.6 Å². The first kappa shape index (κ1) is 17.8. The molecule has 3 rings (SSSR count). The Morgan fingerprint density at radius 2 is 2.08 bits per heavy atom. The van der Waals surface area contributed by atoms with Gasteiger partial charge in [-0.25, -0.2) is 9.78 Å². The van der Waals surface area contributed by atoms with Gasteiger partial charge >= 0.3 is 5.69 Å². The molecule has 3 aromatic rings. The number of aromatic amines is 1. The predicted molar refractivity (Wildman–Crippen MR) is 98.7 cm³/mol. The highest BCUT2D eigenvalue weighted by atomic mass is 35.5. The molecule has 0 atom stereocenters. The number of hydrogen-bond donors (Lipinski definition) is 1. The van der Waals surface area contributed by atoms with Crippen molar-refractivity contribution < 1.29 is 4.74 Å². The topological polar surface area (TPSA) is 81.9 Å². The van der Waals surface area contributed by atoms with E-state index in [9.17, 15) is 9.59 Å². The van der Waals surface area contributed by atoms with Crippen LogP contribution >= 0.6 is 23.4 Å². The largest absolute Gasteiger partial charge is 0.384 e. The van der Waals surface area contributed by atoms with E-state index in [-0.39, 0.29) is 0 Å². The van der Waals surface area contributed by atoms with Crippen molar-refractivity contribution in [1.82, 2.24) is 19.1 Å². The summed E-state index contributed by atoms with van der Waals surface area (Å²) in [6, 6.07) is 7.43. The van der Waals surface area contributed by atoms with E-state index in [2.05, 4.69) is 9.97 Å². The summed E-state index contributed by atoms with van der Waals surface area (Å²) in [6.45, 7) is 0.933. The molecule has 2 aromatic heterocycles. The maximum absolute atomic E-state index is 12.4. The summed E-state index contributed by atoms with van der Waals surface area (Å²) in [4.78, 5) is 31.1. The van der Waals surface area contributed by atoms with E-state index >= 15 is 0 Å². The van der Waals surface area contributed by atoms with Crippen LogP contribution in [-0.4, -0.2) is 38.6 Å². The maximum Gasteiger partial charge on any atom is 0.329 e. The summed E-state index contributed by atoms with van der Waals surface area (Å²) in [5, 5.41) is 1.25. The molecule has 25 heavy (non-hydrogen) atoms. The number of rotatable bonds is 6. The van der Waals surface area contributed by atoms with Gasteiger partial charge in [0, 0.05) is 24.9 Å². The number of aryl methyl sites for hydroxylation is 1. The van der Waals surface area contributed by atoms with Gasteiger partial charge in [0.15, 0.2) is 16.3 Å². The molecule has 0 aliphatic rings. The third-order valence-corrected chi connectivity index (χ3v) is 5.09. The summed E-state index contributed by atoms with van der Waals surface area (Å²) in [5.74, 6) is 0.675. The van der Waals surface area contributed by atoms with Gasteiger partial charge in [0.1, 0.15) is 0 Å². The molecule has 9 heteroatoms. The zero-order chi connectivity index (χ0) is 18.0. The van der Waals surface area contributed by atoms with Gasteiger partial charge in [0.25, 0.3) is 5.56 Å². The Hall–Kier alpha value is -2.03. The first-order valence-electron chi connectivity index (χ1n) is 7.57. The molecule has 0 unspecified atom stereocenters. The Kier molecular flexibility index (Phi) is 5.31. The van der Waals surface area contributed by atoms with Crippen molar-refractivity contribution in [3.8, 4) is 0 Å². The predicted octanol–water partition coefficient (Wildman–Crippen LogP) is 1.86. The third kappa shape index (κ3) is 3.51. The fourth-order valence-electron chi connectivity index (χ4n) is 2.48. The second-order valence-corrected chi connectivity index (χ2v) is 6.87. The highest BCUT2D eigenvalue weighted by Crippen LogP contribution is 2.24. The minimum absolute atomic E-state index is 0.348. The number of nitrogens with one attached hydrogen (secondary N) is 1. The number of imidazole rings is 1. The number of nitrogens with zero attached hydrogens (tertiary/aromatic N) is 3. The standard InChI is InChI=1S/C16H17ClN4O3S/c1-20-13-12(14(22)19-15(20)23)21(16(18-13)25-8-7-24-2)9-10-5-3-4-6-11(10)17/h3-6H,7-9H2,1-2H3,(H,19,22,23). The first-order chi connectivity index (χ1) is 12.0. The van der Waals surface area contributed by atoms with Gasteiger partial charge < -0.3 is 9.30 Å². The molecule has 1 aromatic carbocycles. The van der Waals surface area contributed by atoms with Crippen LogP contribution in [0.4, 0.5) is 0 Å². The van der Waals surface area contributed by atoms with Gasteiger partial charge in [0.2, 0.25) is 0 Å². The molecular formula is C16H17ClN4O3S. The second-order valence-electron chi connectivity index (χ2n) is 5.40. The molecule has 0 fully saturated rings. The summed E-state index contributed by atoms with van der Waals surface area (Å²) < 4.78 is 8.20. The third-order valence-electron chi connectivity index (χ3n) is 3.78. The zero-order valence-corrected chi connectivity index (χ0v) is 15.4. The molecule has 0 saturated heterocycles. The van der Waals surface area contributed by atoms with E-state index in [1.807, 2.05) is 18.2 Å². The molecule has 0 saturated carbocycles. The van der Waals surface area contributed by atoms with Gasteiger partial charge in [-0.15, -0.1) is 0 Å². The van der Waals surface area contributed by atoms with Crippen LogP contribution in [0, 0.1) is 0 Å². The molecule has 0 aliphatic carbocycles. The van der Waals surface area contributed by atoms with E-state index in [1.165, 1.54) is 16.3 Å². The fourth-order valence-corrected chi connectivity index (χ4v) is 3.58. The Morgan fingerprint density at radius 1 is 1.32 bits per heavy atom. The van der Waals surface area contributed by atoms with Crippen molar-refractivity contribution in [2.75, 3.05) is 19.5 Å². The molecular weight excluding hydrogens is 364 g/mol. The van der Waals surface area contributed by atoms with E-state index in [0.717, 1.165) is 5.56 Å². The molecule has 0 amide bonds. The van der Waals surface area contributed by atoms with Crippen LogP contribution in [0.3, 0.4) is 0 Å². The van der Waals surface area contributed by atoms with Gasteiger partial charge in [-0.3, -0.25) is 14.3 Å². The number of benzene rings is 1. The molecule has 1 N–H and O–H groups in total. The smallest absolute Gasteiger partial charge is 0.329 e. The molecule has 0 aliphatic heterocycles. The van der Waals surface area contributed by atoms with Crippen LogP contribution in [0.2, 0.25) is 5.02 Å². The number of hydrogen-bond acceptors (Lipinski definition) is 5. The van der Waals surface area contributed by atoms with Gasteiger partial charge in [0.05, 0.1) is 13.2 Å². The van der Waals surface area contributed by atoms with E-state index in [4.69, 9.17) is 16.3 Å². The van der Waals surface area contributed by atoms with Crippen molar-refractivity contribution in [3.63, 3.8) is 0 Å². The van der Waals surface area contributed by atoms with E-state index in [0.29, 0.717) is 40.2 Å². The number of thioether (sulfide) groups is 1. The molecule has 0 spiro atoms. The number of H-pyrrole nitrogens is 1. The minimum atomic E-state index is -0.492. The van der Waals surface area contributed by atoms with Crippen LogP contribution in [-0.2, 0) is 18.3 Å². The maximum atomic E-state index is 12.4. The Labute approximate surface area is 152 Å². The lowest BCUT2D eigenvalue weighted by atomic mass is 10.2. The van der Waals surface area contributed by atoms with Crippen LogP contribution < -0.4 is 11.2 Å². The first-order valence-corrected chi connectivity index (χ1v) is 8.94. The zero-order valence-electron chi connectivity index (χ0n) is 13.8. The van der Waals surface area contributed by atoms with Crippen LogP contribution in [0.5, 0.6) is 0 Å². The summed E-state index contributed by atoms with van der Waals surface area (Å²) in [5.41, 5.74) is 0.609. The lowest BCUT2D eigenvalue weighted by Crippen LogP contribution is -2.29. The van der Waals surface area contributed by atoms with Crippen molar-refractivity contribution >= 4 is 34.5 Å². The van der Waals surface area contributed by atoms with E-state index in [1.54, 1.807) is 24.8 Å². The lowest BCUT2D eigenvalue weighted by molar-refractivity contribution is 0.218. The van der Waals surface area contributed by atoms with Crippen LogP contribution in [0.1, 0.15) is 5.56 Å². The summed E-state index contributed by atoms with van der Waals surface area (Å²) in [6.07, 6.45) is 0. The van der Waals surface area contributed by atoms with Gasteiger partial charge in [-0.05, 0) is 11.6 Å². The number of methoxy groups -OCH3 is 1. The van der Waals surface area contributed by atoms with Crippen LogP contribution in [0.25, 0.3) is 11.2 Å². The number of aromatic nitrogens is 4. The van der Waals surface area contributed by atoms with Crippen molar-refractivity contribution in [3.05, 3.63) is 55.7 Å². The molecule has 0 bridgehead atoms. The number of fused-ring (bicyclic) bond motifs is 1. The Balaban J connectivity index is 2.17. The van der Waals surface area contributed by atoms with Gasteiger partial charge in [-0.2, -0.15) is 0 Å². The normalized spacial score (nSPS) is 11.3. The van der Waals surface area contributed by atoms with Crippen molar-refractivity contribution in [2.45, 2.75) is 11.7 Å². The average Bonchev–Trinajstić information content (AvgIpc) is 2.94. The average molecular weight is 381 g/mol. The Morgan fingerprint density at radius 3 is 2.80 bits per heavy atom.